The number of nitrogens with zero attached hydrogens (tertiary/aromatic N) is 2. The maximum Gasteiger partial charge on any atom is 0.338 e. The number of esters is 1. The molecule has 1 aromatic carbocycles. The number of hydrogen-bond acceptors (Lipinski definition) is 4. The van der Waals surface area contributed by atoms with E-state index in [0.29, 0.717) is 22.2 Å². The lowest BCUT2D eigenvalue weighted by Crippen LogP contribution is -2.05. The summed E-state index contributed by atoms with van der Waals surface area (Å²) < 4.78 is 18.8. The summed E-state index contributed by atoms with van der Waals surface area (Å²) in [6, 6.07) is 10.1. The SMILES string of the molecule is COC(=O)c1ccnc2ccc([C@H](C)c3ncccc3F)cc12. The molecule has 0 spiro atoms. The van der Waals surface area contributed by atoms with Gasteiger partial charge in [0.15, 0.2) is 0 Å². The smallest absolute Gasteiger partial charge is 0.338 e. The van der Waals surface area contributed by atoms with Crippen LogP contribution in [0.5, 0.6) is 0 Å². The average Bonchev–Trinajstić information content (AvgIpc) is 2.60. The number of rotatable bonds is 3. The molecule has 0 N–H and O–H groups in total. The lowest BCUT2D eigenvalue weighted by atomic mass is 9.94. The van der Waals surface area contributed by atoms with Crippen molar-refractivity contribution in [3.8, 4) is 0 Å². The molecule has 4 nitrogen and oxygen atoms in total. The normalized spacial score (nSPS) is 12.1. The molecule has 2 heterocycles. The van der Waals surface area contributed by atoms with E-state index in [0.717, 1.165) is 5.56 Å². The van der Waals surface area contributed by atoms with Crippen molar-refractivity contribution in [1.82, 2.24) is 9.97 Å². The molecule has 23 heavy (non-hydrogen) atoms. The van der Waals surface area contributed by atoms with Crippen LogP contribution in [0, 0.1) is 5.82 Å². The van der Waals surface area contributed by atoms with Gasteiger partial charge in [0.1, 0.15) is 5.82 Å². The van der Waals surface area contributed by atoms with Crippen LogP contribution in [0.15, 0.2) is 48.8 Å². The summed E-state index contributed by atoms with van der Waals surface area (Å²) >= 11 is 0. The molecule has 0 unspecified atom stereocenters. The summed E-state index contributed by atoms with van der Waals surface area (Å²) in [5.41, 5.74) is 2.35. The predicted octanol–water partition coefficient (Wildman–Crippen LogP) is 3.71. The molecule has 0 radical (unpaired) electrons. The third kappa shape index (κ3) is 2.77. The number of carbonyl (C=O) groups excluding carboxylic acids is 1. The molecular formula is C18H15FN2O2. The van der Waals surface area contributed by atoms with E-state index in [9.17, 15) is 9.18 Å². The summed E-state index contributed by atoms with van der Waals surface area (Å²) in [4.78, 5) is 20.3. The van der Waals surface area contributed by atoms with Crippen LogP contribution in [0.2, 0.25) is 0 Å². The van der Waals surface area contributed by atoms with Crippen LogP contribution in [0.1, 0.15) is 34.5 Å². The van der Waals surface area contributed by atoms with Crippen molar-refractivity contribution < 1.29 is 13.9 Å². The van der Waals surface area contributed by atoms with Crippen LogP contribution in [0.4, 0.5) is 4.39 Å². The zero-order valence-electron chi connectivity index (χ0n) is 12.8. The minimum atomic E-state index is -0.425. The molecule has 5 heteroatoms. The lowest BCUT2D eigenvalue weighted by molar-refractivity contribution is 0.0603. The van der Waals surface area contributed by atoms with E-state index < -0.39 is 5.97 Å². The van der Waals surface area contributed by atoms with Crippen LogP contribution in [0.3, 0.4) is 0 Å². The first-order chi connectivity index (χ1) is 11.1. The minimum absolute atomic E-state index is 0.244. The Morgan fingerprint density at radius 3 is 2.74 bits per heavy atom. The number of carbonyl (C=O) groups is 1. The number of methoxy groups -OCH3 is 1. The lowest BCUT2D eigenvalue weighted by Gasteiger charge is -2.13. The van der Waals surface area contributed by atoms with E-state index in [-0.39, 0.29) is 11.7 Å². The van der Waals surface area contributed by atoms with Gasteiger partial charge in [-0.2, -0.15) is 0 Å². The molecule has 1 atom stereocenters. The molecule has 0 aliphatic heterocycles. The summed E-state index contributed by atoms with van der Waals surface area (Å²) in [5, 5.41) is 0.681. The molecule has 116 valence electrons. The highest BCUT2D eigenvalue weighted by molar-refractivity contribution is 6.03. The number of pyridine rings is 2. The summed E-state index contributed by atoms with van der Waals surface area (Å²) in [5.74, 6) is -1.02. The summed E-state index contributed by atoms with van der Waals surface area (Å²) in [7, 11) is 1.34. The zero-order valence-corrected chi connectivity index (χ0v) is 12.8. The van der Waals surface area contributed by atoms with Gasteiger partial charge in [0.2, 0.25) is 0 Å². The molecule has 0 saturated carbocycles. The second kappa shape index (κ2) is 6.12. The molecule has 0 aliphatic rings. The molecule has 3 aromatic rings. The minimum Gasteiger partial charge on any atom is -0.465 e. The van der Waals surface area contributed by atoms with Crippen molar-refractivity contribution >= 4 is 16.9 Å². The van der Waals surface area contributed by atoms with E-state index >= 15 is 0 Å². The van der Waals surface area contributed by atoms with E-state index in [1.807, 2.05) is 25.1 Å². The Morgan fingerprint density at radius 2 is 2.00 bits per heavy atom. The standard InChI is InChI=1S/C18H15FN2O2/c1-11(17-15(19)4-3-8-21-17)12-5-6-16-14(10-12)13(7-9-20-16)18(22)23-2/h3-11H,1-2H3/t11-/m0/s1. The Morgan fingerprint density at radius 1 is 1.17 bits per heavy atom. The van der Waals surface area contributed by atoms with Crippen LogP contribution in [-0.4, -0.2) is 23.0 Å². The second-order valence-electron chi connectivity index (χ2n) is 5.22. The number of ether oxygens (including phenoxy) is 1. The average molecular weight is 310 g/mol. The van der Waals surface area contributed by atoms with Crippen molar-refractivity contribution in [3.05, 3.63) is 71.4 Å². The maximum absolute atomic E-state index is 14.0. The molecule has 0 fully saturated rings. The van der Waals surface area contributed by atoms with Gasteiger partial charge in [-0.1, -0.05) is 13.0 Å². The molecule has 0 bridgehead atoms. The van der Waals surface area contributed by atoms with Gasteiger partial charge in [0.05, 0.1) is 23.9 Å². The third-order valence-corrected chi connectivity index (χ3v) is 3.87. The molecule has 2 aromatic heterocycles. The fourth-order valence-electron chi connectivity index (χ4n) is 2.60. The zero-order chi connectivity index (χ0) is 16.4. The Bertz CT molecular complexity index is 880. The van der Waals surface area contributed by atoms with Gasteiger partial charge < -0.3 is 4.74 Å². The Balaban J connectivity index is 2.13. The maximum atomic E-state index is 14.0. The van der Waals surface area contributed by atoms with E-state index in [1.165, 1.54) is 13.2 Å². The van der Waals surface area contributed by atoms with Crippen molar-refractivity contribution in [1.29, 1.82) is 0 Å². The number of fused-ring (bicyclic) bond motifs is 1. The topological polar surface area (TPSA) is 52.1 Å². The third-order valence-electron chi connectivity index (χ3n) is 3.87. The Kier molecular flexibility index (Phi) is 4.02. The molecule has 0 aliphatic carbocycles. The Hall–Kier alpha value is -2.82. The largest absolute Gasteiger partial charge is 0.465 e. The molecular weight excluding hydrogens is 295 g/mol. The highest BCUT2D eigenvalue weighted by Crippen LogP contribution is 2.28. The van der Waals surface area contributed by atoms with Gasteiger partial charge in [-0.05, 0) is 35.9 Å². The molecule has 0 saturated heterocycles. The number of aromatic nitrogens is 2. The van der Waals surface area contributed by atoms with E-state index in [4.69, 9.17) is 4.74 Å². The van der Waals surface area contributed by atoms with Crippen molar-refractivity contribution in [3.63, 3.8) is 0 Å². The van der Waals surface area contributed by atoms with Crippen molar-refractivity contribution in [2.75, 3.05) is 7.11 Å². The van der Waals surface area contributed by atoms with Gasteiger partial charge in [0.25, 0.3) is 0 Å². The number of hydrogen-bond donors (Lipinski definition) is 0. The highest BCUT2D eigenvalue weighted by Gasteiger charge is 2.17. The van der Waals surface area contributed by atoms with Crippen LogP contribution in [0.25, 0.3) is 10.9 Å². The van der Waals surface area contributed by atoms with Gasteiger partial charge in [-0.3, -0.25) is 9.97 Å². The van der Waals surface area contributed by atoms with Gasteiger partial charge >= 0.3 is 5.97 Å². The van der Waals surface area contributed by atoms with Crippen molar-refractivity contribution in [2.24, 2.45) is 0 Å². The fraction of sp³-hybridized carbons (Fsp3) is 0.167. The number of halogens is 1. The van der Waals surface area contributed by atoms with E-state index in [2.05, 4.69) is 9.97 Å². The second-order valence-corrected chi connectivity index (χ2v) is 5.22. The summed E-state index contributed by atoms with van der Waals surface area (Å²) in [6.45, 7) is 1.88. The van der Waals surface area contributed by atoms with E-state index in [1.54, 1.807) is 24.5 Å². The molecule has 0 amide bonds. The monoisotopic (exact) mass is 310 g/mol. The van der Waals surface area contributed by atoms with Gasteiger partial charge in [0, 0.05) is 23.7 Å². The highest BCUT2D eigenvalue weighted by atomic mass is 19.1. The number of benzene rings is 1. The quantitative estimate of drug-likeness (QED) is 0.692. The summed E-state index contributed by atoms with van der Waals surface area (Å²) in [6.07, 6.45) is 3.13. The van der Waals surface area contributed by atoms with Crippen molar-refractivity contribution in [2.45, 2.75) is 12.8 Å². The van der Waals surface area contributed by atoms with Gasteiger partial charge in [-0.25, -0.2) is 9.18 Å². The first kappa shape index (κ1) is 15.1. The predicted molar refractivity (Wildman–Crippen MR) is 84.8 cm³/mol. The van der Waals surface area contributed by atoms with Gasteiger partial charge in [-0.15, -0.1) is 0 Å². The van der Waals surface area contributed by atoms with Crippen LogP contribution >= 0.6 is 0 Å². The Labute approximate surface area is 133 Å². The first-order valence-corrected chi connectivity index (χ1v) is 7.19. The van der Waals surface area contributed by atoms with Crippen LogP contribution < -0.4 is 0 Å². The first-order valence-electron chi connectivity index (χ1n) is 7.19. The molecule has 3 rings (SSSR count). The van der Waals surface area contributed by atoms with Crippen LogP contribution in [-0.2, 0) is 4.74 Å². The fourth-order valence-corrected chi connectivity index (χ4v) is 2.60.